The van der Waals surface area contributed by atoms with E-state index in [-0.39, 0.29) is 5.75 Å². The lowest BCUT2D eigenvalue weighted by Gasteiger charge is -2.01. The second kappa shape index (κ2) is 5.62. The molecule has 15 heavy (non-hydrogen) atoms. The first-order valence-corrected chi connectivity index (χ1v) is 7.46. The molecule has 1 N–H and O–H groups in total. The van der Waals surface area contributed by atoms with E-state index >= 15 is 0 Å². The Bertz CT molecular complexity index is 404. The van der Waals surface area contributed by atoms with Crippen LogP contribution in [0.4, 0.5) is 5.13 Å². The summed E-state index contributed by atoms with van der Waals surface area (Å²) in [7, 11) is -3.32. The van der Waals surface area contributed by atoms with Crippen molar-refractivity contribution >= 4 is 38.1 Å². The van der Waals surface area contributed by atoms with Crippen molar-refractivity contribution in [2.75, 3.05) is 16.4 Å². The summed E-state index contributed by atoms with van der Waals surface area (Å²) in [6, 6.07) is 0. The lowest BCUT2D eigenvalue weighted by Crippen LogP contribution is -2.16. The minimum absolute atomic E-state index is 0.0114. The molecule has 0 saturated carbocycles. The highest BCUT2D eigenvalue weighted by atomic mass is 35.5. The Labute approximate surface area is 97.9 Å². The number of halogens is 1. The number of nitrogens with one attached hydrogen (secondary N) is 1. The SMILES string of the molecule is CCc1nnc(NS(=O)(=O)CCCCl)s1. The highest BCUT2D eigenvalue weighted by molar-refractivity contribution is 7.92. The van der Waals surface area contributed by atoms with E-state index in [0.29, 0.717) is 17.4 Å². The Morgan fingerprint density at radius 2 is 2.20 bits per heavy atom. The van der Waals surface area contributed by atoms with Gasteiger partial charge in [-0.3, -0.25) is 4.72 Å². The molecule has 0 aromatic carbocycles. The first-order chi connectivity index (χ1) is 7.07. The molecule has 86 valence electrons. The van der Waals surface area contributed by atoms with Gasteiger partial charge in [-0.15, -0.1) is 21.8 Å². The number of sulfonamides is 1. The van der Waals surface area contributed by atoms with Crippen molar-refractivity contribution in [3.63, 3.8) is 0 Å². The summed E-state index contributed by atoms with van der Waals surface area (Å²) in [6.07, 6.45) is 1.18. The second-order valence-electron chi connectivity index (χ2n) is 2.82. The summed E-state index contributed by atoms with van der Waals surface area (Å²) >= 11 is 6.67. The molecule has 0 amide bonds. The molecule has 0 unspecified atom stereocenters. The van der Waals surface area contributed by atoms with Crippen molar-refractivity contribution in [1.29, 1.82) is 0 Å². The van der Waals surface area contributed by atoms with E-state index in [1.807, 2.05) is 6.92 Å². The van der Waals surface area contributed by atoms with Crippen LogP contribution in [-0.2, 0) is 16.4 Å². The predicted molar refractivity (Wildman–Crippen MR) is 62.0 cm³/mol. The number of aryl methyl sites for hydroxylation is 1. The number of aromatic nitrogens is 2. The van der Waals surface area contributed by atoms with Crippen molar-refractivity contribution in [2.45, 2.75) is 19.8 Å². The van der Waals surface area contributed by atoms with E-state index in [9.17, 15) is 8.42 Å². The highest BCUT2D eigenvalue weighted by Crippen LogP contribution is 2.16. The molecule has 8 heteroatoms. The fraction of sp³-hybridized carbons (Fsp3) is 0.714. The zero-order chi connectivity index (χ0) is 11.3. The monoisotopic (exact) mass is 269 g/mol. The lowest BCUT2D eigenvalue weighted by molar-refractivity contribution is 0.600. The summed E-state index contributed by atoms with van der Waals surface area (Å²) < 4.78 is 25.2. The molecular formula is C7H12ClN3O2S2. The van der Waals surface area contributed by atoms with E-state index in [1.165, 1.54) is 11.3 Å². The van der Waals surface area contributed by atoms with Crippen molar-refractivity contribution in [2.24, 2.45) is 0 Å². The van der Waals surface area contributed by atoms with Gasteiger partial charge < -0.3 is 0 Å². The van der Waals surface area contributed by atoms with Crippen molar-refractivity contribution in [3.8, 4) is 0 Å². The van der Waals surface area contributed by atoms with Crippen LogP contribution in [0.2, 0.25) is 0 Å². The van der Waals surface area contributed by atoms with Gasteiger partial charge in [0.2, 0.25) is 15.2 Å². The maximum absolute atomic E-state index is 11.4. The van der Waals surface area contributed by atoms with Gasteiger partial charge in [-0.25, -0.2) is 8.42 Å². The Balaban J connectivity index is 2.60. The molecule has 0 aliphatic carbocycles. The molecule has 1 aromatic rings. The lowest BCUT2D eigenvalue weighted by atomic mass is 10.5. The fourth-order valence-corrected chi connectivity index (χ4v) is 3.17. The Hall–Kier alpha value is -0.400. The minimum atomic E-state index is -3.32. The summed E-state index contributed by atoms with van der Waals surface area (Å²) in [6.45, 7) is 1.94. The van der Waals surface area contributed by atoms with Crippen LogP contribution < -0.4 is 4.72 Å². The van der Waals surface area contributed by atoms with Crippen molar-refractivity contribution in [1.82, 2.24) is 10.2 Å². The maximum Gasteiger partial charge on any atom is 0.234 e. The summed E-state index contributed by atoms with van der Waals surface area (Å²) in [5.41, 5.74) is 0. The van der Waals surface area contributed by atoms with E-state index in [0.717, 1.165) is 11.4 Å². The van der Waals surface area contributed by atoms with Crippen LogP contribution in [-0.4, -0.2) is 30.2 Å². The number of alkyl halides is 1. The molecular weight excluding hydrogens is 258 g/mol. The second-order valence-corrected chi connectivity index (χ2v) is 6.10. The Morgan fingerprint density at radius 1 is 1.47 bits per heavy atom. The van der Waals surface area contributed by atoms with Gasteiger partial charge in [0, 0.05) is 5.88 Å². The Morgan fingerprint density at radius 3 is 2.73 bits per heavy atom. The van der Waals surface area contributed by atoms with Crippen LogP contribution in [0.5, 0.6) is 0 Å². The third kappa shape index (κ3) is 4.31. The zero-order valence-electron chi connectivity index (χ0n) is 8.23. The molecule has 0 radical (unpaired) electrons. The van der Waals surface area contributed by atoms with E-state index in [4.69, 9.17) is 11.6 Å². The summed E-state index contributed by atoms with van der Waals surface area (Å²) in [4.78, 5) is 0. The molecule has 1 aromatic heterocycles. The van der Waals surface area contributed by atoms with Crippen LogP contribution >= 0.6 is 22.9 Å². The smallest absolute Gasteiger partial charge is 0.234 e. The molecule has 5 nitrogen and oxygen atoms in total. The van der Waals surface area contributed by atoms with Gasteiger partial charge in [-0.2, -0.15) is 0 Å². The number of nitrogens with zero attached hydrogens (tertiary/aromatic N) is 2. The van der Waals surface area contributed by atoms with E-state index in [2.05, 4.69) is 14.9 Å². The van der Waals surface area contributed by atoms with Crippen molar-refractivity contribution < 1.29 is 8.42 Å². The van der Waals surface area contributed by atoms with Gasteiger partial charge in [0.15, 0.2) is 0 Å². The van der Waals surface area contributed by atoms with Crippen LogP contribution in [0, 0.1) is 0 Å². The molecule has 0 spiro atoms. The molecule has 0 saturated heterocycles. The number of hydrogen-bond acceptors (Lipinski definition) is 5. The number of hydrogen-bond donors (Lipinski definition) is 1. The van der Waals surface area contributed by atoms with Crippen LogP contribution in [0.3, 0.4) is 0 Å². The summed E-state index contributed by atoms with van der Waals surface area (Å²) in [5.74, 6) is 0.342. The van der Waals surface area contributed by atoms with Gasteiger partial charge in [0.25, 0.3) is 0 Å². The number of rotatable bonds is 6. The van der Waals surface area contributed by atoms with Crippen LogP contribution in [0.15, 0.2) is 0 Å². The number of anilines is 1. The van der Waals surface area contributed by atoms with Crippen LogP contribution in [0.25, 0.3) is 0 Å². The Kier molecular flexibility index (Phi) is 4.75. The summed E-state index contributed by atoms with van der Waals surface area (Å²) in [5, 5.41) is 8.67. The molecule has 1 heterocycles. The first-order valence-electron chi connectivity index (χ1n) is 4.46. The highest BCUT2D eigenvalue weighted by Gasteiger charge is 2.12. The largest absolute Gasteiger partial charge is 0.257 e. The minimum Gasteiger partial charge on any atom is -0.257 e. The molecule has 0 fully saturated rings. The first kappa shape index (κ1) is 12.7. The van der Waals surface area contributed by atoms with E-state index in [1.54, 1.807) is 0 Å². The third-order valence-electron chi connectivity index (χ3n) is 1.56. The normalized spacial score (nSPS) is 11.6. The van der Waals surface area contributed by atoms with Gasteiger partial charge in [-0.1, -0.05) is 18.3 Å². The maximum atomic E-state index is 11.4. The fourth-order valence-electron chi connectivity index (χ4n) is 0.866. The van der Waals surface area contributed by atoms with Gasteiger partial charge in [-0.05, 0) is 12.8 Å². The van der Waals surface area contributed by atoms with Crippen LogP contribution in [0.1, 0.15) is 18.4 Å². The average molecular weight is 270 g/mol. The van der Waals surface area contributed by atoms with Gasteiger partial charge >= 0.3 is 0 Å². The standard InChI is InChI=1S/C7H12ClN3O2S2/c1-2-6-9-10-7(14-6)11-15(12,13)5-3-4-8/h2-5H2,1H3,(H,10,11). The molecule has 0 atom stereocenters. The van der Waals surface area contributed by atoms with Crippen molar-refractivity contribution in [3.05, 3.63) is 5.01 Å². The predicted octanol–water partition coefficient (Wildman–Crippen LogP) is 1.47. The third-order valence-corrected chi connectivity index (χ3v) is 4.27. The van der Waals surface area contributed by atoms with E-state index < -0.39 is 10.0 Å². The molecule has 1 rings (SSSR count). The molecule has 0 bridgehead atoms. The molecule has 0 aliphatic heterocycles. The van der Waals surface area contributed by atoms with Gasteiger partial charge in [0.05, 0.1) is 5.75 Å². The average Bonchev–Trinajstić information content (AvgIpc) is 2.62. The molecule has 0 aliphatic rings. The topological polar surface area (TPSA) is 72.0 Å². The zero-order valence-corrected chi connectivity index (χ0v) is 10.6. The van der Waals surface area contributed by atoms with Gasteiger partial charge in [0.1, 0.15) is 5.01 Å². The quantitative estimate of drug-likeness (QED) is 0.794.